The first-order valence-corrected chi connectivity index (χ1v) is 8.14. The van der Waals surface area contributed by atoms with Crippen molar-refractivity contribution in [1.29, 1.82) is 0 Å². The molecular weight excluding hydrogens is 286 g/mol. The van der Waals surface area contributed by atoms with Gasteiger partial charge in [0.15, 0.2) is 5.16 Å². The maximum atomic E-state index is 4.40. The van der Waals surface area contributed by atoms with E-state index in [2.05, 4.69) is 30.7 Å². The van der Waals surface area contributed by atoms with Gasteiger partial charge in [-0.3, -0.25) is 0 Å². The minimum absolute atomic E-state index is 0.720. The van der Waals surface area contributed by atoms with Gasteiger partial charge in [0.25, 0.3) is 0 Å². The normalized spacial score (nSPS) is 20.3. The third kappa shape index (κ3) is 2.30. The van der Waals surface area contributed by atoms with Crippen LogP contribution in [0.4, 0.5) is 0 Å². The molecule has 0 atom stereocenters. The van der Waals surface area contributed by atoms with Crippen LogP contribution in [0.1, 0.15) is 49.9 Å². The minimum atomic E-state index is 0.720. The zero-order chi connectivity index (χ0) is 11.0. The van der Waals surface area contributed by atoms with Gasteiger partial charge < -0.3 is 4.57 Å². The predicted molar refractivity (Wildman–Crippen MR) is 69.4 cm³/mol. The molecule has 0 N–H and O–H groups in total. The van der Waals surface area contributed by atoms with E-state index in [1.165, 1.54) is 37.9 Å². The Morgan fingerprint density at radius 2 is 2.06 bits per heavy atom. The van der Waals surface area contributed by atoms with Crippen molar-refractivity contribution in [3.8, 4) is 0 Å². The molecule has 0 bridgehead atoms. The van der Waals surface area contributed by atoms with E-state index in [1.807, 2.05) is 11.8 Å². The van der Waals surface area contributed by atoms with Crippen LogP contribution in [-0.4, -0.2) is 25.8 Å². The van der Waals surface area contributed by atoms with Gasteiger partial charge in [0.2, 0.25) is 0 Å². The van der Waals surface area contributed by atoms with Gasteiger partial charge in [-0.05, 0) is 32.1 Å². The quantitative estimate of drug-likeness (QED) is 0.458. The molecule has 5 heteroatoms. The molecule has 1 heterocycles. The third-order valence-corrected chi connectivity index (χ3v) is 4.64. The summed E-state index contributed by atoms with van der Waals surface area (Å²) in [4.78, 5) is 0. The predicted octanol–water partition coefficient (Wildman–Crippen LogP) is 3.37. The first kappa shape index (κ1) is 11.1. The zero-order valence-electron chi connectivity index (χ0n) is 9.23. The molecular formula is C11H16BrN3S. The van der Waals surface area contributed by atoms with Crippen LogP contribution in [-0.2, 0) is 0 Å². The number of nitrogens with zero attached hydrogens (tertiary/aromatic N) is 3. The molecule has 2 saturated carbocycles. The van der Waals surface area contributed by atoms with Gasteiger partial charge in [0.1, 0.15) is 5.82 Å². The topological polar surface area (TPSA) is 30.7 Å². The number of halogens is 1. The molecule has 1 aromatic heterocycles. The largest absolute Gasteiger partial charge is 0.303 e. The Morgan fingerprint density at radius 1 is 1.25 bits per heavy atom. The van der Waals surface area contributed by atoms with E-state index in [-0.39, 0.29) is 0 Å². The Balaban J connectivity index is 1.75. The lowest BCUT2D eigenvalue weighted by Gasteiger charge is -2.07. The summed E-state index contributed by atoms with van der Waals surface area (Å²) in [6.45, 7) is 0. The van der Waals surface area contributed by atoms with Crippen molar-refractivity contribution in [1.82, 2.24) is 14.8 Å². The number of hydrogen-bond donors (Lipinski definition) is 0. The van der Waals surface area contributed by atoms with Crippen LogP contribution in [0.5, 0.6) is 0 Å². The smallest absolute Gasteiger partial charge is 0.191 e. The molecule has 0 amide bonds. The Morgan fingerprint density at radius 3 is 2.69 bits per heavy atom. The SMILES string of the molecule is BrCCCSc1nnc(C2CC2)n1C1CC1. The van der Waals surface area contributed by atoms with Crippen LogP contribution in [0.25, 0.3) is 0 Å². The summed E-state index contributed by atoms with van der Waals surface area (Å²) >= 11 is 5.33. The Labute approximate surface area is 109 Å². The fraction of sp³-hybridized carbons (Fsp3) is 0.818. The van der Waals surface area contributed by atoms with E-state index in [1.54, 1.807) is 0 Å². The second-order valence-electron chi connectivity index (χ2n) is 4.61. The van der Waals surface area contributed by atoms with E-state index in [0.29, 0.717) is 0 Å². The van der Waals surface area contributed by atoms with E-state index < -0.39 is 0 Å². The summed E-state index contributed by atoms with van der Waals surface area (Å²) in [5, 5.41) is 11.0. The van der Waals surface area contributed by atoms with Crippen molar-refractivity contribution in [3.63, 3.8) is 0 Å². The molecule has 0 aromatic carbocycles. The number of hydrogen-bond acceptors (Lipinski definition) is 3. The summed E-state index contributed by atoms with van der Waals surface area (Å²) < 4.78 is 2.43. The molecule has 0 spiro atoms. The van der Waals surface area contributed by atoms with Crippen LogP contribution >= 0.6 is 27.7 Å². The highest BCUT2D eigenvalue weighted by atomic mass is 79.9. The molecule has 0 unspecified atom stereocenters. The third-order valence-electron chi connectivity index (χ3n) is 3.05. The molecule has 16 heavy (non-hydrogen) atoms. The van der Waals surface area contributed by atoms with Crippen molar-refractivity contribution < 1.29 is 0 Å². The lowest BCUT2D eigenvalue weighted by Crippen LogP contribution is -2.02. The lowest BCUT2D eigenvalue weighted by atomic mass is 10.4. The van der Waals surface area contributed by atoms with Gasteiger partial charge in [-0.2, -0.15) is 0 Å². The molecule has 2 aliphatic rings. The number of aromatic nitrogens is 3. The zero-order valence-corrected chi connectivity index (χ0v) is 11.6. The minimum Gasteiger partial charge on any atom is -0.303 e. The Kier molecular flexibility index (Phi) is 3.25. The van der Waals surface area contributed by atoms with Crippen LogP contribution in [0.3, 0.4) is 0 Å². The first-order valence-electron chi connectivity index (χ1n) is 6.03. The molecule has 0 radical (unpaired) electrons. The summed E-state index contributed by atoms with van der Waals surface area (Å²) in [7, 11) is 0. The second-order valence-corrected chi connectivity index (χ2v) is 6.46. The van der Waals surface area contributed by atoms with E-state index >= 15 is 0 Å². The van der Waals surface area contributed by atoms with Gasteiger partial charge in [0.05, 0.1) is 0 Å². The van der Waals surface area contributed by atoms with Crippen molar-refractivity contribution in [2.24, 2.45) is 0 Å². The van der Waals surface area contributed by atoms with Crippen molar-refractivity contribution in [2.75, 3.05) is 11.1 Å². The molecule has 0 aliphatic heterocycles. The number of alkyl halides is 1. The summed E-state index contributed by atoms with van der Waals surface area (Å²) in [5.41, 5.74) is 0. The molecule has 88 valence electrons. The van der Waals surface area contributed by atoms with Gasteiger partial charge in [-0.15, -0.1) is 10.2 Å². The van der Waals surface area contributed by atoms with Crippen molar-refractivity contribution in [3.05, 3.63) is 5.82 Å². The monoisotopic (exact) mass is 301 g/mol. The van der Waals surface area contributed by atoms with Crippen LogP contribution < -0.4 is 0 Å². The van der Waals surface area contributed by atoms with E-state index in [0.717, 1.165) is 28.2 Å². The highest BCUT2D eigenvalue weighted by molar-refractivity contribution is 9.09. The van der Waals surface area contributed by atoms with Crippen LogP contribution in [0.2, 0.25) is 0 Å². The molecule has 3 rings (SSSR count). The van der Waals surface area contributed by atoms with Crippen molar-refractivity contribution in [2.45, 2.75) is 49.2 Å². The van der Waals surface area contributed by atoms with Crippen molar-refractivity contribution >= 4 is 27.7 Å². The molecule has 0 saturated heterocycles. The van der Waals surface area contributed by atoms with E-state index in [9.17, 15) is 0 Å². The molecule has 1 aromatic rings. The van der Waals surface area contributed by atoms with Crippen LogP contribution in [0, 0.1) is 0 Å². The van der Waals surface area contributed by atoms with Gasteiger partial charge in [-0.25, -0.2) is 0 Å². The highest BCUT2D eigenvalue weighted by Gasteiger charge is 2.36. The summed E-state index contributed by atoms with van der Waals surface area (Å²) in [6.07, 6.45) is 6.47. The number of thioether (sulfide) groups is 1. The summed E-state index contributed by atoms with van der Waals surface area (Å²) in [5.74, 6) is 3.13. The van der Waals surface area contributed by atoms with Crippen LogP contribution in [0.15, 0.2) is 5.16 Å². The van der Waals surface area contributed by atoms with E-state index in [4.69, 9.17) is 0 Å². The first-order chi connectivity index (χ1) is 7.90. The van der Waals surface area contributed by atoms with Gasteiger partial charge >= 0.3 is 0 Å². The second kappa shape index (κ2) is 4.69. The average Bonchev–Trinajstić information content (AvgIpc) is 3.19. The average molecular weight is 302 g/mol. The number of rotatable bonds is 6. The maximum absolute atomic E-state index is 4.40. The molecule has 2 aliphatic carbocycles. The fourth-order valence-electron chi connectivity index (χ4n) is 1.90. The highest BCUT2D eigenvalue weighted by Crippen LogP contribution is 2.45. The maximum Gasteiger partial charge on any atom is 0.191 e. The lowest BCUT2D eigenvalue weighted by molar-refractivity contribution is 0.627. The summed E-state index contributed by atoms with van der Waals surface area (Å²) in [6, 6.07) is 0.720. The molecule has 3 nitrogen and oxygen atoms in total. The fourth-order valence-corrected chi connectivity index (χ4v) is 3.50. The van der Waals surface area contributed by atoms with Gasteiger partial charge in [0, 0.05) is 23.0 Å². The standard InChI is InChI=1S/C11H16BrN3S/c12-6-1-7-16-11-14-13-10(8-2-3-8)15(11)9-4-5-9/h8-9H,1-7H2. The van der Waals surface area contributed by atoms with Gasteiger partial charge in [-0.1, -0.05) is 27.7 Å². The molecule has 2 fully saturated rings. The Hall–Kier alpha value is -0.0300. The Bertz CT molecular complexity index is 371.